The van der Waals surface area contributed by atoms with Gasteiger partial charge in [0.25, 0.3) is 5.91 Å². The third-order valence-electron chi connectivity index (χ3n) is 6.85. The number of urea groups is 1. The number of para-hydroxylation sites is 2. The van der Waals surface area contributed by atoms with E-state index in [9.17, 15) is 9.59 Å². The minimum atomic E-state index is -0.382. The highest BCUT2D eigenvalue weighted by Gasteiger charge is 2.19. The van der Waals surface area contributed by atoms with Gasteiger partial charge in [0, 0.05) is 40.0 Å². The number of pyridine rings is 1. The van der Waals surface area contributed by atoms with Crippen LogP contribution in [0.3, 0.4) is 0 Å². The van der Waals surface area contributed by atoms with Crippen molar-refractivity contribution in [2.45, 2.75) is 0 Å². The van der Waals surface area contributed by atoms with Crippen molar-refractivity contribution in [3.63, 3.8) is 0 Å². The molecule has 0 radical (unpaired) electrons. The highest BCUT2D eigenvalue weighted by molar-refractivity contribution is 7.18. The predicted octanol–water partition coefficient (Wildman–Crippen LogP) is 6.94. The highest BCUT2D eigenvalue weighted by atomic mass is 32.1. The van der Waals surface area contributed by atoms with Gasteiger partial charge in [-0.15, -0.1) is 11.3 Å². The van der Waals surface area contributed by atoms with E-state index >= 15 is 0 Å². The largest absolute Gasteiger partial charge is 0.495 e. The zero-order valence-electron chi connectivity index (χ0n) is 22.3. The van der Waals surface area contributed by atoms with Crippen LogP contribution < -0.4 is 26.4 Å². The van der Waals surface area contributed by atoms with Crippen molar-refractivity contribution in [1.29, 1.82) is 0 Å². The molecule has 10 heteroatoms. The number of nitrogens with two attached hydrogens (primary N) is 1. The molecule has 0 unspecified atom stereocenters. The van der Waals surface area contributed by atoms with E-state index in [0.29, 0.717) is 34.3 Å². The maximum absolute atomic E-state index is 13.2. The average Bonchev–Trinajstić information content (AvgIpc) is 3.58. The lowest BCUT2D eigenvalue weighted by Gasteiger charge is -2.13. The Morgan fingerprint density at radius 3 is 2.49 bits per heavy atom. The third kappa shape index (κ3) is 4.92. The number of carbonyl (C=O) groups is 2. The number of aromatic nitrogens is 2. The molecule has 3 aromatic carbocycles. The average molecular weight is 563 g/mol. The Hall–Kier alpha value is -5.35. The summed E-state index contributed by atoms with van der Waals surface area (Å²) >= 11 is 1.45. The quantitative estimate of drug-likeness (QED) is 0.175. The first-order valence-corrected chi connectivity index (χ1v) is 13.6. The maximum Gasteiger partial charge on any atom is 0.323 e. The molecule has 0 spiro atoms. The van der Waals surface area contributed by atoms with E-state index in [1.54, 1.807) is 31.5 Å². The van der Waals surface area contributed by atoms with Crippen LogP contribution >= 0.6 is 11.3 Å². The van der Waals surface area contributed by atoms with Crippen LogP contribution in [0.1, 0.15) is 10.5 Å². The van der Waals surface area contributed by atoms with Crippen molar-refractivity contribution < 1.29 is 14.3 Å². The van der Waals surface area contributed by atoms with Crippen molar-refractivity contribution in [2.75, 3.05) is 28.8 Å². The molecule has 6 aromatic rings. The summed E-state index contributed by atoms with van der Waals surface area (Å²) in [6.07, 6.45) is 1.55. The lowest BCUT2D eigenvalue weighted by atomic mass is 10.0. The second-order valence-corrected chi connectivity index (χ2v) is 10.3. The van der Waals surface area contributed by atoms with Gasteiger partial charge in [0.15, 0.2) is 0 Å². The second-order valence-electron chi connectivity index (χ2n) is 9.37. The van der Waals surface area contributed by atoms with Crippen LogP contribution in [0, 0.1) is 0 Å². The third-order valence-corrected chi connectivity index (χ3v) is 7.86. The Kier molecular flexibility index (Phi) is 6.74. The molecule has 0 bridgehead atoms. The molecular formula is C31H26N6O3S. The zero-order valence-corrected chi connectivity index (χ0v) is 23.1. The van der Waals surface area contributed by atoms with Crippen LogP contribution in [-0.2, 0) is 7.05 Å². The Morgan fingerprint density at radius 1 is 0.927 bits per heavy atom. The van der Waals surface area contributed by atoms with Crippen LogP contribution in [0.25, 0.3) is 32.1 Å². The van der Waals surface area contributed by atoms with Gasteiger partial charge in [0.05, 0.1) is 29.4 Å². The number of rotatable bonds is 6. The first kappa shape index (κ1) is 25.9. The number of fused-ring (bicyclic) bond motifs is 2. The number of amides is 3. The number of anilines is 4. The van der Waals surface area contributed by atoms with E-state index in [0.717, 1.165) is 32.1 Å². The molecule has 3 heterocycles. The summed E-state index contributed by atoms with van der Waals surface area (Å²) in [6.45, 7) is 0. The van der Waals surface area contributed by atoms with Crippen LogP contribution in [0.5, 0.6) is 5.75 Å². The molecule has 9 nitrogen and oxygen atoms in total. The van der Waals surface area contributed by atoms with Crippen molar-refractivity contribution in [3.05, 3.63) is 96.1 Å². The van der Waals surface area contributed by atoms with Gasteiger partial charge in [0.2, 0.25) is 0 Å². The highest BCUT2D eigenvalue weighted by Crippen LogP contribution is 2.42. The molecule has 204 valence electrons. The molecule has 0 saturated carbocycles. The van der Waals surface area contributed by atoms with Crippen molar-refractivity contribution >= 4 is 67.1 Å². The van der Waals surface area contributed by atoms with E-state index in [4.69, 9.17) is 10.5 Å². The maximum atomic E-state index is 13.2. The summed E-state index contributed by atoms with van der Waals surface area (Å²) in [4.78, 5) is 30.2. The summed E-state index contributed by atoms with van der Waals surface area (Å²) in [5.41, 5.74) is 11.3. The van der Waals surface area contributed by atoms with Crippen LogP contribution in [0.2, 0.25) is 0 Å². The topological polar surface area (TPSA) is 123 Å². The molecule has 5 N–H and O–H groups in total. The summed E-state index contributed by atoms with van der Waals surface area (Å²) < 4.78 is 8.31. The number of benzene rings is 3. The fourth-order valence-electron chi connectivity index (χ4n) is 4.83. The number of nitrogens with one attached hydrogen (secondary N) is 3. The molecule has 0 saturated heterocycles. The molecule has 0 aliphatic heterocycles. The van der Waals surface area contributed by atoms with Crippen LogP contribution in [0.4, 0.5) is 27.7 Å². The smallest absolute Gasteiger partial charge is 0.323 e. The van der Waals surface area contributed by atoms with Crippen molar-refractivity contribution in [1.82, 2.24) is 9.55 Å². The molecular weight excluding hydrogens is 536 g/mol. The molecule has 41 heavy (non-hydrogen) atoms. The first-order chi connectivity index (χ1) is 19.9. The predicted molar refractivity (Wildman–Crippen MR) is 166 cm³/mol. The van der Waals surface area contributed by atoms with Crippen LogP contribution in [-0.4, -0.2) is 28.6 Å². The summed E-state index contributed by atoms with van der Waals surface area (Å²) in [5, 5.41) is 12.3. The second kappa shape index (κ2) is 10.7. The van der Waals surface area contributed by atoms with E-state index in [1.165, 1.54) is 11.3 Å². The number of hydrogen-bond donors (Lipinski definition) is 4. The van der Waals surface area contributed by atoms with Gasteiger partial charge in [-0.3, -0.25) is 4.79 Å². The Labute approximate surface area is 239 Å². The SMILES string of the molecule is COc1cc(-c2csc3c(NC(=O)Nc4ccccc4)cnc(N)c23)ccc1NC(=O)c1cc2ccccc2n1C. The van der Waals surface area contributed by atoms with Gasteiger partial charge >= 0.3 is 6.03 Å². The Balaban J connectivity index is 1.28. The first-order valence-electron chi connectivity index (χ1n) is 12.8. The summed E-state index contributed by atoms with van der Waals surface area (Å²) in [7, 11) is 3.42. The zero-order chi connectivity index (χ0) is 28.5. The minimum absolute atomic E-state index is 0.242. The fourth-order valence-corrected chi connectivity index (χ4v) is 5.88. The van der Waals surface area contributed by atoms with Gasteiger partial charge in [-0.25, -0.2) is 9.78 Å². The molecule has 0 fully saturated rings. The number of aryl methyl sites for hydroxylation is 1. The number of hydrogen-bond acceptors (Lipinski definition) is 6. The van der Waals surface area contributed by atoms with E-state index in [-0.39, 0.29) is 11.9 Å². The minimum Gasteiger partial charge on any atom is -0.495 e. The van der Waals surface area contributed by atoms with E-state index in [1.807, 2.05) is 77.7 Å². The number of carbonyl (C=O) groups excluding carboxylic acids is 2. The number of nitrogen functional groups attached to an aromatic ring is 1. The Bertz CT molecular complexity index is 1930. The number of methoxy groups -OCH3 is 1. The molecule has 3 aromatic heterocycles. The van der Waals surface area contributed by atoms with E-state index in [2.05, 4.69) is 20.9 Å². The summed E-state index contributed by atoms with van der Waals surface area (Å²) in [5.74, 6) is 0.600. The van der Waals surface area contributed by atoms with Gasteiger partial charge in [0.1, 0.15) is 17.3 Å². The number of nitrogens with zero attached hydrogens (tertiary/aromatic N) is 2. The fraction of sp³-hybridized carbons (Fsp3) is 0.0645. The van der Waals surface area contributed by atoms with Gasteiger partial charge in [-0.05, 0) is 42.0 Å². The molecule has 0 atom stereocenters. The lowest BCUT2D eigenvalue weighted by Crippen LogP contribution is -2.19. The normalized spacial score (nSPS) is 11.0. The van der Waals surface area contributed by atoms with Gasteiger partial charge in [-0.2, -0.15) is 0 Å². The monoisotopic (exact) mass is 562 g/mol. The number of thiophene rings is 1. The molecule has 0 aliphatic carbocycles. The van der Waals surface area contributed by atoms with Crippen molar-refractivity contribution in [3.8, 4) is 16.9 Å². The van der Waals surface area contributed by atoms with Crippen LogP contribution in [0.15, 0.2) is 90.4 Å². The van der Waals surface area contributed by atoms with Crippen molar-refractivity contribution in [2.24, 2.45) is 7.05 Å². The van der Waals surface area contributed by atoms with Gasteiger partial charge < -0.3 is 31.0 Å². The van der Waals surface area contributed by atoms with Gasteiger partial charge in [-0.1, -0.05) is 42.5 Å². The lowest BCUT2D eigenvalue weighted by molar-refractivity contribution is 0.101. The summed E-state index contributed by atoms with van der Waals surface area (Å²) in [6, 6.07) is 24.1. The Morgan fingerprint density at radius 2 is 1.71 bits per heavy atom. The molecule has 6 rings (SSSR count). The molecule has 3 amide bonds. The van der Waals surface area contributed by atoms with E-state index < -0.39 is 0 Å². The standard InChI is InChI=1S/C31H26N6O3S/c1-37-24-11-7-6-8-19(24)14-25(37)30(38)35-22-13-12-18(15-26(22)40-2)21-17-41-28-23(16-33-29(32)27(21)28)36-31(39)34-20-9-4-3-5-10-20/h3-17H,1-2H3,(H2,32,33)(H,35,38)(H2,34,36,39). The number of ether oxygens (including phenoxy) is 1. The molecule has 0 aliphatic rings.